The average molecular weight is 433 g/mol. The minimum Gasteiger partial charge on any atom is -0.496 e. The fourth-order valence-corrected chi connectivity index (χ4v) is 3.94. The van der Waals surface area contributed by atoms with E-state index in [1.165, 1.54) is 5.56 Å². The van der Waals surface area contributed by atoms with E-state index in [0.29, 0.717) is 5.02 Å². The van der Waals surface area contributed by atoms with Crippen molar-refractivity contribution in [1.29, 1.82) is 0 Å². The van der Waals surface area contributed by atoms with Crippen LogP contribution in [0.4, 0.5) is 5.82 Å². The first-order valence-electron chi connectivity index (χ1n) is 8.63. The number of ether oxygens (including phenoxy) is 1. The van der Waals surface area contributed by atoms with Crippen LogP contribution in [0.3, 0.4) is 0 Å². The molecule has 0 atom stereocenters. The Morgan fingerprint density at radius 3 is 2.88 bits per heavy atom. The van der Waals surface area contributed by atoms with Crippen LogP contribution in [0.15, 0.2) is 46.9 Å². The summed E-state index contributed by atoms with van der Waals surface area (Å²) >= 11 is 9.83. The lowest BCUT2D eigenvalue weighted by molar-refractivity contribution is 0.416. The highest BCUT2D eigenvalue weighted by molar-refractivity contribution is 9.10. The summed E-state index contributed by atoms with van der Waals surface area (Å²) in [5, 5.41) is 9.20. The summed E-state index contributed by atoms with van der Waals surface area (Å²) in [7, 11) is 1.68. The van der Waals surface area contributed by atoms with E-state index in [4.69, 9.17) is 21.4 Å². The van der Waals surface area contributed by atoms with Gasteiger partial charge in [-0.25, -0.2) is 4.68 Å². The molecule has 6 heteroatoms. The van der Waals surface area contributed by atoms with Crippen molar-refractivity contribution in [2.75, 3.05) is 19.0 Å². The van der Waals surface area contributed by atoms with Crippen LogP contribution in [-0.4, -0.2) is 23.4 Å². The van der Waals surface area contributed by atoms with E-state index < -0.39 is 0 Å². The molecule has 2 aromatic carbocycles. The van der Waals surface area contributed by atoms with Crippen molar-refractivity contribution in [2.45, 2.75) is 19.3 Å². The molecular weight excluding hydrogens is 414 g/mol. The number of anilines is 1. The Hall–Kier alpha value is -1.98. The van der Waals surface area contributed by atoms with Crippen molar-refractivity contribution in [3.63, 3.8) is 0 Å². The van der Waals surface area contributed by atoms with Crippen LogP contribution in [0.2, 0.25) is 5.02 Å². The van der Waals surface area contributed by atoms with Gasteiger partial charge in [-0.2, -0.15) is 5.10 Å². The highest BCUT2D eigenvalue weighted by Gasteiger charge is 2.23. The number of benzene rings is 2. The van der Waals surface area contributed by atoms with E-state index in [9.17, 15) is 0 Å². The zero-order valence-electron chi connectivity index (χ0n) is 14.4. The van der Waals surface area contributed by atoms with Crippen molar-refractivity contribution < 1.29 is 4.74 Å². The zero-order chi connectivity index (χ0) is 18.1. The predicted octanol–water partition coefficient (Wildman–Crippen LogP) is 5.71. The number of fused-ring (bicyclic) bond motifs is 1. The zero-order valence-corrected chi connectivity index (χ0v) is 16.8. The molecule has 1 aliphatic rings. The molecule has 0 fully saturated rings. The fraction of sp³-hybridized carbons (Fsp3) is 0.250. The highest BCUT2D eigenvalue weighted by atomic mass is 79.9. The summed E-state index contributed by atoms with van der Waals surface area (Å²) in [6.45, 7) is 0.943. The fourth-order valence-electron chi connectivity index (χ4n) is 3.38. The Bertz CT molecular complexity index is 954. The van der Waals surface area contributed by atoms with Gasteiger partial charge < -0.3 is 10.1 Å². The molecule has 26 heavy (non-hydrogen) atoms. The molecule has 0 aliphatic carbocycles. The third-order valence-corrected chi connectivity index (χ3v) is 5.33. The first kappa shape index (κ1) is 17.4. The van der Waals surface area contributed by atoms with Crippen molar-refractivity contribution in [3.05, 3.63) is 57.5 Å². The molecule has 134 valence electrons. The van der Waals surface area contributed by atoms with Gasteiger partial charge in [-0.15, -0.1) is 0 Å². The maximum Gasteiger partial charge on any atom is 0.133 e. The van der Waals surface area contributed by atoms with Gasteiger partial charge in [-0.05, 0) is 55.7 Å². The molecule has 0 saturated carbocycles. The van der Waals surface area contributed by atoms with E-state index in [2.05, 4.69) is 33.4 Å². The largest absolute Gasteiger partial charge is 0.496 e. The van der Waals surface area contributed by atoms with E-state index in [0.717, 1.165) is 58.8 Å². The Labute approximate surface area is 166 Å². The van der Waals surface area contributed by atoms with Crippen LogP contribution < -0.4 is 10.1 Å². The number of halogens is 2. The topological polar surface area (TPSA) is 39.1 Å². The van der Waals surface area contributed by atoms with Crippen LogP contribution in [0.25, 0.3) is 16.9 Å². The number of rotatable bonds is 3. The summed E-state index contributed by atoms with van der Waals surface area (Å²) in [5.41, 5.74) is 4.07. The lowest BCUT2D eigenvalue weighted by Gasteiger charge is -2.09. The minimum atomic E-state index is 0.674. The van der Waals surface area contributed by atoms with E-state index in [-0.39, 0.29) is 0 Å². The average Bonchev–Trinajstić information content (AvgIpc) is 2.82. The van der Waals surface area contributed by atoms with Crippen molar-refractivity contribution >= 4 is 33.3 Å². The number of nitrogens with zero attached hydrogens (tertiary/aromatic N) is 2. The third-order valence-electron chi connectivity index (χ3n) is 4.60. The molecule has 4 nitrogen and oxygen atoms in total. The molecule has 0 saturated heterocycles. The number of methoxy groups -OCH3 is 1. The number of hydrogen-bond donors (Lipinski definition) is 1. The Balaban J connectivity index is 1.95. The van der Waals surface area contributed by atoms with E-state index in [1.807, 2.05) is 35.0 Å². The molecule has 1 aromatic heterocycles. The SMILES string of the molecule is COc1ccc(Cl)cc1-c1nn(-c2cccc(Br)c2)c2c1CCCCN2. The monoisotopic (exact) mass is 431 g/mol. The normalized spacial score (nSPS) is 13.7. The van der Waals surface area contributed by atoms with Crippen LogP contribution in [0.1, 0.15) is 18.4 Å². The first-order valence-corrected chi connectivity index (χ1v) is 9.80. The van der Waals surface area contributed by atoms with Crippen molar-refractivity contribution in [3.8, 4) is 22.7 Å². The molecule has 4 rings (SSSR count). The van der Waals surface area contributed by atoms with E-state index in [1.54, 1.807) is 7.11 Å². The van der Waals surface area contributed by atoms with Crippen LogP contribution in [0, 0.1) is 0 Å². The first-order chi connectivity index (χ1) is 12.7. The molecule has 0 spiro atoms. The Morgan fingerprint density at radius 2 is 2.08 bits per heavy atom. The predicted molar refractivity (Wildman–Crippen MR) is 110 cm³/mol. The molecule has 3 aromatic rings. The smallest absolute Gasteiger partial charge is 0.133 e. The number of aromatic nitrogens is 2. The molecule has 0 bridgehead atoms. The molecular formula is C20H19BrClN3O. The number of hydrogen-bond acceptors (Lipinski definition) is 3. The van der Waals surface area contributed by atoms with E-state index >= 15 is 0 Å². The van der Waals surface area contributed by atoms with Gasteiger partial charge in [-0.3, -0.25) is 0 Å². The second-order valence-electron chi connectivity index (χ2n) is 6.30. The lowest BCUT2D eigenvalue weighted by Crippen LogP contribution is -2.07. The summed E-state index contributed by atoms with van der Waals surface area (Å²) in [4.78, 5) is 0. The van der Waals surface area contributed by atoms with Crippen molar-refractivity contribution in [2.24, 2.45) is 0 Å². The van der Waals surface area contributed by atoms with Crippen LogP contribution in [0.5, 0.6) is 5.75 Å². The van der Waals surface area contributed by atoms with Crippen LogP contribution in [-0.2, 0) is 6.42 Å². The molecule has 0 radical (unpaired) electrons. The van der Waals surface area contributed by atoms with Gasteiger partial charge in [0.1, 0.15) is 17.3 Å². The maximum absolute atomic E-state index is 6.27. The van der Waals surface area contributed by atoms with Gasteiger partial charge in [0.05, 0.1) is 12.8 Å². The van der Waals surface area contributed by atoms with Crippen molar-refractivity contribution in [1.82, 2.24) is 9.78 Å². The standard InChI is InChI=1S/C20H19BrClN3O/c1-26-18-9-8-14(22)12-17(18)19-16-7-2-3-10-23-20(16)25(24-19)15-6-4-5-13(21)11-15/h4-6,8-9,11-12,23H,2-3,7,10H2,1H3. The summed E-state index contributed by atoms with van der Waals surface area (Å²) in [6, 6.07) is 13.8. The Morgan fingerprint density at radius 1 is 1.19 bits per heavy atom. The Kier molecular flexibility index (Phi) is 4.92. The van der Waals surface area contributed by atoms with Gasteiger partial charge >= 0.3 is 0 Å². The van der Waals surface area contributed by atoms with Gasteiger partial charge in [-0.1, -0.05) is 33.6 Å². The third kappa shape index (κ3) is 3.21. The summed E-state index contributed by atoms with van der Waals surface area (Å²) < 4.78 is 8.59. The molecule has 0 unspecified atom stereocenters. The highest BCUT2D eigenvalue weighted by Crippen LogP contribution is 2.39. The summed E-state index contributed by atoms with van der Waals surface area (Å²) in [6.07, 6.45) is 3.24. The number of nitrogens with one attached hydrogen (secondary N) is 1. The molecule has 2 heterocycles. The quantitative estimate of drug-likeness (QED) is 0.576. The minimum absolute atomic E-state index is 0.674. The van der Waals surface area contributed by atoms with Crippen LogP contribution >= 0.6 is 27.5 Å². The maximum atomic E-state index is 6.27. The lowest BCUT2D eigenvalue weighted by atomic mass is 10.0. The molecule has 1 N–H and O–H groups in total. The molecule has 1 aliphatic heterocycles. The molecule has 0 amide bonds. The summed E-state index contributed by atoms with van der Waals surface area (Å²) in [5.74, 6) is 1.83. The second-order valence-corrected chi connectivity index (χ2v) is 7.65. The van der Waals surface area contributed by atoms with Gasteiger partial charge in [0.25, 0.3) is 0 Å². The van der Waals surface area contributed by atoms with Gasteiger partial charge in [0.15, 0.2) is 0 Å². The van der Waals surface area contributed by atoms with Gasteiger partial charge in [0, 0.05) is 27.2 Å². The second kappa shape index (κ2) is 7.33. The van der Waals surface area contributed by atoms with Gasteiger partial charge in [0.2, 0.25) is 0 Å².